The molecule has 0 aliphatic heterocycles. The standard InChI is InChI=1S/C15H24N2O/c1-4-14-15(8-5-11(2)17-14)18-10-9-16-12(3)13-6-7-13/h5,8,12-13,16H,4,6-7,9-10H2,1-3H3. The molecule has 3 nitrogen and oxygen atoms in total. The number of ether oxygens (including phenoxy) is 1. The molecule has 3 heteroatoms. The van der Waals surface area contributed by atoms with Crippen molar-refractivity contribution in [3.05, 3.63) is 23.5 Å². The summed E-state index contributed by atoms with van der Waals surface area (Å²) < 4.78 is 5.81. The number of nitrogens with one attached hydrogen (secondary N) is 1. The number of hydrogen-bond acceptors (Lipinski definition) is 3. The van der Waals surface area contributed by atoms with Crippen LogP contribution in [0, 0.1) is 12.8 Å². The number of rotatable bonds is 7. The molecule has 0 radical (unpaired) electrons. The van der Waals surface area contributed by atoms with Crippen LogP contribution in [0.4, 0.5) is 0 Å². The molecule has 0 aromatic carbocycles. The van der Waals surface area contributed by atoms with Crippen LogP contribution in [0.3, 0.4) is 0 Å². The van der Waals surface area contributed by atoms with Gasteiger partial charge in [-0.25, -0.2) is 0 Å². The molecule has 1 aliphatic carbocycles. The van der Waals surface area contributed by atoms with Crippen LogP contribution in [0.25, 0.3) is 0 Å². The summed E-state index contributed by atoms with van der Waals surface area (Å²) in [4.78, 5) is 4.50. The Hall–Kier alpha value is -1.09. The summed E-state index contributed by atoms with van der Waals surface area (Å²) in [7, 11) is 0. The average molecular weight is 248 g/mol. The van der Waals surface area contributed by atoms with Crippen molar-refractivity contribution in [3.63, 3.8) is 0 Å². The van der Waals surface area contributed by atoms with E-state index in [1.165, 1.54) is 12.8 Å². The molecule has 100 valence electrons. The SMILES string of the molecule is CCc1nc(C)ccc1OCCNC(C)C1CC1. The zero-order valence-corrected chi connectivity index (χ0v) is 11.7. The van der Waals surface area contributed by atoms with Gasteiger partial charge in [0.05, 0.1) is 5.69 Å². The van der Waals surface area contributed by atoms with Crippen molar-refractivity contribution in [3.8, 4) is 5.75 Å². The minimum absolute atomic E-state index is 0.635. The summed E-state index contributed by atoms with van der Waals surface area (Å²) in [6.07, 6.45) is 3.69. The molecule has 1 atom stereocenters. The van der Waals surface area contributed by atoms with Crippen LogP contribution < -0.4 is 10.1 Å². The summed E-state index contributed by atoms with van der Waals surface area (Å²) in [6, 6.07) is 4.68. The van der Waals surface area contributed by atoms with Gasteiger partial charge in [-0.2, -0.15) is 0 Å². The average Bonchev–Trinajstić information content (AvgIpc) is 3.19. The smallest absolute Gasteiger partial charge is 0.140 e. The highest BCUT2D eigenvalue weighted by molar-refractivity contribution is 5.29. The number of nitrogens with zero attached hydrogens (tertiary/aromatic N) is 1. The molecule has 1 aromatic heterocycles. The zero-order chi connectivity index (χ0) is 13.0. The van der Waals surface area contributed by atoms with Gasteiger partial charge in [-0.1, -0.05) is 6.92 Å². The Kier molecular flexibility index (Phi) is 4.59. The van der Waals surface area contributed by atoms with Crippen LogP contribution in [-0.2, 0) is 6.42 Å². The number of hydrogen-bond donors (Lipinski definition) is 1. The number of aromatic nitrogens is 1. The molecule has 1 fully saturated rings. The second kappa shape index (κ2) is 6.19. The largest absolute Gasteiger partial charge is 0.490 e. The van der Waals surface area contributed by atoms with Crippen molar-refractivity contribution >= 4 is 0 Å². The third kappa shape index (κ3) is 3.70. The second-order valence-electron chi connectivity index (χ2n) is 5.18. The van der Waals surface area contributed by atoms with E-state index in [1.54, 1.807) is 0 Å². The molecule has 1 unspecified atom stereocenters. The zero-order valence-electron chi connectivity index (χ0n) is 11.7. The van der Waals surface area contributed by atoms with Crippen molar-refractivity contribution in [2.45, 2.75) is 46.1 Å². The van der Waals surface area contributed by atoms with Gasteiger partial charge in [-0.15, -0.1) is 0 Å². The van der Waals surface area contributed by atoms with E-state index in [4.69, 9.17) is 4.74 Å². The fourth-order valence-corrected chi connectivity index (χ4v) is 2.19. The highest BCUT2D eigenvalue weighted by atomic mass is 16.5. The molecule has 0 amide bonds. The molecule has 18 heavy (non-hydrogen) atoms. The lowest BCUT2D eigenvalue weighted by molar-refractivity contribution is 0.299. The summed E-state index contributed by atoms with van der Waals surface area (Å²) >= 11 is 0. The van der Waals surface area contributed by atoms with E-state index < -0.39 is 0 Å². The van der Waals surface area contributed by atoms with Crippen molar-refractivity contribution < 1.29 is 4.74 Å². The van der Waals surface area contributed by atoms with Crippen molar-refractivity contribution in [1.29, 1.82) is 0 Å². The normalized spacial score (nSPS) is 16.6. The van der Waals surface area contributed by atoms with Gasteiger partial charge in [0.25, 0.3) is 0 Å². The second-order valence-corrected chi connectivity index (χ2v) is 5.18. The first-order valence-corrected chi connectivity index (χ1v) is 7.03. The van der Waals surface area contributed by atoms with Gasteiger partial charge < -0.3 is 10.1 Å². The predicted octanol–water partition coefficient (Wildman–Crippen LogP) is 2.72. The van der Waals surface area contributed by atoms with Gasteiger partial charge in [0.15, 0.2) is 0 Å². The molecule has 0 spiro atoms. The van der Waals surface area contributed by atoms with Gasteiger partial charge in [-0.3, -0.25) is 4.98 Å². The highest BCUT2D eigenvalue weighted by Gasteiger charge is 2.27. The third-order valence-electron chi connectivity index (χ3n) is 3.56. The maximum Gasteiger partial charge on any atom is 0.140 e. The molecule has 1 heterocycles. The molecular formula is C15H24N2O. The summed E-state index contributed by atoms with van der Waals surface area (Å²) in [5.74, 6) is 1.83. The lowest BCUT2D eigenvalue weighted by Gasteiger charge is -2.14. The molecule has 1 saturated carbocycles. The van der Waals surface area contributed by atoms with E-state index in [9.17, 15) is 0 Å². The molecular weight excluding hydrogens is 224 g/mol. The fraction of sp³-hybridized carbons (Fsp3) is 0.667. The molecule has 1 aromatic rings. The Balaban J connectivity index is 1.75. The topological polar surface area (TPSA) is 34.1 Å². The van der Waals surface area contributed by atoms with E-state index in [0.717, 1.165) is 42.6 Å². The Morgan fingerprint density at radius 3 is 2.89 bits per heavy atom. The Labute approximate surface area is 110 Å². The van der Waals surface area contributed by atoms with Crippen molar-refractivity contribution in [2.24, 2.45) is 5.92 Å². The van der Waals surface area contributed by atoms with E-state index in [-0.39, 0.29) is 0 Å². The monoisotopic (exact) mass is 248 g/mol. The quantitative estimate of drug-likeness (QED) is 0.753. The van der Waals surface area contributed by atoms with Crippen LogP contribution in [0.15, 0.2) is 12.1 Å². The summed E-state index contributed by atoms with van der Waals surface area (Å²) in [5.41, 5.74) is 2.12. The predicted molar refractivity (Wildman–Crippen MR) is 74.0 cm³/mol. The van der Waals surface area contributed by atoms with E-state index in [0.29, 0.717) is 6.04 Å². The van der Waals surface area contributed by atoms with Gasteiger partial charge in [0, 0.05) is 18.3 Å². The van der Waals surface area contributed by atoms with Crippen LogP contribution >= 0.6 is 0 Å². The van der Waals surface area contributed by atoms with Gasteiger partial charge in [0.1, 0.15) is 12.4 Å². The lowest BCUT2D eigenvalue weighted by atomic mass is 10.2. The Bertz CT molecular complexity index is 388. The van der Waals surface area contributed by atoms with Crippen molar-refractivity contribution in [2.75, 3.05) is 13.2 Å². The van der Waals surface area contributed by atoms with Crippen LogP contribution in [-0.4, -0.2) is 24.2 Å². The van der Waals surface area contributed by atoms with Crippen molar-refractivity contribution in [1.82, 2.24) is 10.3 Å². The summed E-state index contributed by atoms with van der Waals surface area (Å²) in [5, 5.41) is 3.52. The maximum absolute atomic E-state index is 5.81. The van der Waals surface area contributed by atoms with E-state index >= 15 is 0 Å². The Morgan fingerprint density at radius 2 is 2.22 bits per heavy atom. The van der Waals surface area contributed by atoms with E-state index in [2.05, 4.69) is 24.1 Å². The van der Waals surface area contributed by atoms with Crippen LogP contribution in [0.5, 0.6) is 5.75 Å². The Morgan fingerprint density at radius 1 is 1.44 bits per heavy atom. The molecule has 1 N–H and O–H groups in total. The molecule has 1 aliphatic rings. The number of pyridine rings is 1. The van der Waals surface area contributed by atoms with Gasteiger partial charge in [-0.05, 0) is 51.2 Å². The minimum atomic E-state index is 0.635. The molecule has 0 bridgehead atoms. The first kappa shape index (κ1) is 13.3. The highest BCUT2D eigenvalue weighted by Crippen LogP contribution is 2.32. The summed E-state index contributed by atoms with van der Waals surface area (Å²) in [6.45, 7) is 8.02. The third-order valence-corrected chi connectivity index (χ3v) is 3.56. The van der Waals surface area contributed by atoms with Gasteiger partial charge >= 0.3 is 0 Å². The van der Waals surface area contributed by atoms with E-state index in [1.807, 2.05) is 19.1 Å². The van der Waals surface area contributed by atoms with Gasteiger partial charge in [0.2, 0.25) is 0 Å². The van der Waals surface area contributed by atoms with Crippen LogP contribution in [0.1, 0.15) is 38.1 Å². The maximum atomic E-state index is 5.81. The minimum Gasteiger partial charge on any atom is -0.490 e. The lowest BCUT2D eigenvalue weighted by Crippen LogP contribution is -2.31. The fourth-order valence-electron chi connectivity index (χ4n) is 2.19. The number of aryl methyl sites for hydroxylation is 2. The molecule has 0 saturated heterocycles. The molecule has 2 rings (SSSR count). The van der Waals surface area contributed by atoms with Crippen LogP contribution in [0.2, 0.25) is 0 Å². The first-order valence-electron chi connectivity index (χ1n) is 7.03. The first-order chi connectivity index (χ1) is 8.70.